The van der Waals surface area contributed by atoms with E-state index in [2.05, 4.69) is 10.2 Å². The summed E-state index contributed by atoms with van der Waals surface area (Å²) in [5.41, 5.74) is 1.12. The lowest BCUT2D eigenvalue weighted by molar-refractivity contribution is -0.380. The molecule has 1 aromatic heterocycles. The molecule has 0 aliphatic carbocycles. The van der Waals surface area contributed by atoms with Crippen molar-refractivity contribution in [2.75, 3.05) is 26.7 Å². The average Bonchev–Trinajstić information content (AvgIpc) is 3.34. The van der Waals surface area contributed by atoms with E-state index in [0.717, 1.165) is 48.6 Å². The molecule has 1 N–H and O–H groups in total. The van der Waals surface area contributed by atoms with Crippen molar-refractivity contribution < 1.29 is 14.5 Å². The minimum Gasteiger partial charge on any atom is -0.497 e. The van der Waals surface area contributed by atoms with Gasteiger partial charge < -0.3 is 10.1 Å². The van der Waals surface area contributed by atoms with Crippen LogP contribution >= 0.6 is 11.3 Å². The van der Waals surface area contributed by atoms with Gasteiger partial charge in [0.2, 0.25) is 0 Å². The Bertz CT molecular complexity index is 769. The van der Waals surface area contributed by atoms with E-state index >= 15 is 0 Å². The van der Waals surface area contributed by atoms with Gasteiger partial charge >= 0.3 is 5.00 Å². The topological polar surface area (TPSA) is 84.7 Å². The number of carbonyl (C=O) groups is 1. The minimum absolute atomic E-state index is 0.0265. The monoisotopic (exact) mass is 375 g/mol. The summed E-state index contributed by atoms with van der Waals surface area (Å²) in [6, 6.07) is 10.8. The molecular weight excluding hydrogens is 354 g/mol. The highest BCUT2D eigenvalue weighted by Gasteiger charge is 2.25. The van der Waals surface area contributed by atoms with Crippen molar-refractivity contribution in [2.24, 2.45) is 0 Å². The highest BCUT2D eigenvalue weighted by molar-refractivity contribution is 7.17. The van der Waals surface area contributed by atoms with Crippen molar-refractivity contribution in [1.29, 1.82) is 0 Å². The number of thiophene rings is 1. The number of nitrogens with zero attached hydrogens (tertiary/aromatic N) is 2. The van der Waals surface area contributed by atoms with Crippen LogP contribution in [-0.4, -0.2) is 42.5 Å². The van der Waals surface area contributed by atoms with Crippen molar-refractivity contribution >= 4 is 22.2 Å². The Hall–Kier alpha value is -2.45. The number of carbonyl (C=O) groups excluding carboxylic acids is 1. The molecule has 1 unspecified atom stereocenters. The predicted octanol–water partition coefficient (Wildman–Crippen LogP) is 3.23. The van der Waals surface area contributed by atoms with E-state index in [1.54, 1.807) is 7.11 Å². The standard InChI is InChI=1S/C18H21N3O4S/c1-25-14-6-4-13(5-7-14)15(20-10-2-3-11-20)12-19-18(22)16-8-9-17(26-16)21(23)24/h4-9,15H,2-3,10-12H2,1H3,(H,19,22). The smallest absolute Gasteiger partial charge is 0.324 e. The van der Waals surface area contributed by atoms with Gasteiger partial charge in [0.05, 0.1) is 23.0 Å². The van der Waals surface area contributed by atoms with Crippen LogP contribution in [0.2, 0.25) is 0 Å². The van der Waals surface area contributed by atoms with Gasteiger partial charge in [-0.1, -0.05) is 23.5 Å². The maximum atomic E-state index is 12.4. The first-order valence-corrected chi connectivity index (χ1v) is 9.30. The van der Waals surface area contributed by atoms with Gasteiger partial charge in [-0.2, -0.15) is 0 Å². The maximum Gasteiger partial charge on any atom is 0.324 e. The molecule has 3 rings (SSSR count). The molecule has 1 aliphatic rings. The molecule has 0 spiro atoms. The quantitative estimate of drug-likeness (QED) is 0.593. The molecule has 0 radical (unpaired) electrons. The van der Waals surface area contributed by atoms with E-state index in [4.69, 9.17) is 4.74 Å². The molecule has 138 valence electrons. The summed E-state index contributed by atoms with van der Waals surface area (Å²) < 4.78 is 5.22. The number of amides is 1. The summed E-state index contributed by atoms with van der Waals surface area (Å²) in [6.45, 7) is 2.45. The Balaban J connectivity index is 1.70. The molecule has 2 aromatic rings. The number of benzene rings is 1. The molecule has 1 fully saturated rings. The average molecular weight is 375 g/mol. The Morgan fingerprint density at radius 2 is 1.96 bits per heavy atom. The third-order valence-corrected chi connectivity index (χ3v) is 5.57. The largest absolute Gasteiger partial charge is 0.497 e. The van der Waals surface area contributed by atoms with E-state index in [1.165, 1.54) is 12.1 Å². The maximum absolute atomic E-state index is 12.4. The number of likely N-dealkylation sites (tertiary alicyclic amines) is 1. The number of rotatable bonds is 7. The zero-order chi connectivity index (χ0) is 18.5. The first-order chi connectivity index (χ1) is 12.6. The van der Waals surface area contributed by atoms with Gasteiger partial charge in [-0.05, 0) is 49.7 Å². The lowest BCUT2D eigenvalue weighted by Crippen LogP contribution is -2.36. The van der Waals surface area contributed by atoms with Crippen LogP contribution in [0.1, 0.15) is 34.1 Å². The second-order valence-corrected chi connectivity index (χ2v) is 7.20. The number of ether oxygens (including phenoxy) is 1. The normalized spacial score (nSPS) is 15.6. The Morgan fingerprint density at radius 3 is 2.54 bits per heavy atom. The first-order valence-electron chi connectivity index (χ1n) is 8.49. The number of nitrogens with one attached hydrogen (secondary N) is 1. The molecule has 2 heterocycles. The van der Waals surface area contributed by atoms with E-state index in [9.17, 15) is 14.9 Å². The van der Waals surface area contributed by atoms with Crippen molar-refractivity contribution in [3.05, 3.63) is 57.0 Å². The van der Waals surface area contributed by atoms with Gasteiger partial charge in [0.25, 0.3) is 5.91 Å². The van der Waals surface area contributed by atoms with Crippen molar-refractivity contribution in [1.82, 2.24) is 10.2 Å². The lowest BCUT2D eigenvalue weighted by atomic mass is 10.1. The third-order valence-electron chi connectivity index (χ3n) is 4.53. The van der Waals surface area contributed by atoms with Gasteiger partial charge in [-0.15, -0.1) is 0 Å². The van der Waals surface area contributed by atoms with Gasteiger partial charge in [-0.3, -0.25) is 19.8 Å². The molecular formula is C18H21N3O4S. The summed E-state index contributed by atoms with van der Waals surface area (Å²) in [7, 11) is 1.63. The molecule has 1 atom stereocenters. The Morgan fingerprint density at radius 1 is 1.27 bits per heavy atom. The number of hydrogen-bond acceptors (Lipinski definition) is 6. The van der Waals surface area contributed by atoms with Crippen molar-refractivity contribution in [3.8, 4) is 5.75 Å². The third kappa shape index (κ3) is 4.20. The summed E-state index contributed by atoms with van der Waals surface area (Å²) >= 11 is 0.892. The van der Waals surface area contributed by atoms with E-state index in [1.807, 2.05) is 24.3 Å². The number of nitro groups is 1. The molecule has 7 nitrogen and oxygen atoms in total. The van der Waals surface area contributed by atoms with Crippen LogP contribution in [-0.2, 0) is 0 Å². The SMILES string of the molecule is COc1ccc(C(CNC(=O)c2ccc([N+](=O)[O-])s2)N2CCCC2)cc1. The molecule has 1 aliphatic heterocycles. The molecule has 1 amide bonds. The highest BCUT2D eigenvalue weighted by Crippen LogP contribution is 2.27. The summed E-state index contributed by atoms with van der Waals surface area (Å²) in [5.74, 6) is 0.518. The van der Waals surface area contributed by atoms with Crippen LogP contribution in [0.3, 0.4) is 0 Å². The number of methoxy groups -OCH3 is 1. The minimum atomic E-state index is -0.480. The van der Waals surface area contributed by atoms with Crippen LogP contribution in [0.15, 0.2) is 36.4 Å². The van der Waals surface area contributed by atoms with Crippen LogP contribution in [0.4, 0.5) is 5.00 Å². The molecule has 1 saturated heterocycles. The van der Waals surface area contributed by atoms with Crippen LogP contribution in [0, 0.1) is 10.1 Å². The highest BCUT2D eigenvalue weighted by atomic mass is 32.1. The zero-order valence-electron chi connectivity index (χ0n) is 14.5. The lowest BCUT2D eigenvalue weighted by Gasteiger charge is -2.28. The summed E-state index contributed by atoms with van der Waals surface area (Å²) in [6.07, 6.45) is 2.30. The van der Waals surface area contributed by atoms with Crippen LogP contribution in [0.5, 0.6) is 5.75 Å². The Kier molecular flexibility index (Phi) is 5.85. The second kappa shape index (κ2) is 8.29. The van der Waals surface area contributed by atoms with Crippen LogP contribution < -0.4 is 10.1 Å². The second-order valence-electron chi connectivity index (χ2n) is 6.14. The fourth-order valence-electron chi connectivity index (χ4n) is 3.16. The van der Waals surface area contributed by atoms with Gasteiger partial charge in [0.15, 0.2) is 0 Å². The van der Waals surface area contributed by atoms with Gasteiger partial charge in [0.1, 0.15) is 5.75 Å². The zero-order valence-corrected chi connectivity index (χ0v) is 15.3. The summed E-state index contributed by atoms with van der Waals surface area (Å²) in [4.78, 5) is 25.4. The molecule has 26 heavy (non-hydrogen) atoms. The predicted molar refractivity (Wildman–Crippen MR) is 99.8 cm³/mol. The molecule has 0 saturated carbocycles. The summed E-state index contributed by atoms with van der Waals surface area (Å²) in [5, 5.41) is 13.7. The van der Waals surface area contributed by atoms with Gasteiger partial charge in [0, 0.05) is 12.6 Å². The van der Waals surface area contributed by atoms with Crippen molar-refractivity contribution in [3.63, 3.8) is 0 Å². The van der Waals surface area contributed by atoms with Gasteiger partial charge in [-0.25, -0.2) is 0 Å². The van der Waals surface area contributed by atoms with E-state index in [-0.39, 0.29) is 17.0 Å². The fraction of sp³-hybridized carbons (Fsp3) is 0.389. The Labute approximate surface area is 155 Å². The van der Waals surface area contributed by atoms with Crippen LogP contribution in [0.25, 0.3) is 0 Å². The molecule has 1 aromatic carbocycles. The van der Waals surface area contributed by atoms with E-state index in [0.29, 0.717) is 11.4 Å². The van der Waals surface area contributed by atoms with Crippen molar-refractivity contribution in [2.45, 2.75) is 18.9 Å². The molecule has 0 bridgehead atoms. The first kappa shape index (κ1) is 18.3. The fourth-order valence-corrected chi connectivity index (χ4v) is 3.90. The number of hydrogen-bond donors (Lipinski definition) is 1. The van der Waals surface area contributed by atoms with E-state index < -0.39 is 4.92 Å². The molecule has 8 heteroatoms.